The third kappa shape index (κ3) is 4.02. The lowest BCUT2D eigenvalue weighted by Gasteiger charge is -2.15. The van der Waals surface area contributed by atoms with Crippen molar-refractivity contribution in [3.05, 3.63) is 64.2 Å². The highest BCUT2D eigenvalue weighted by molar-refractivity contribution is 8.01. The van der Waals surface area contributed by atoms with Gasteiger partial charge in [0.15, 0.2) is 6.10 Å². The van der Waals surface area contributed by atoms with Crippen LogP contribution in [0.5, 0.6) is 0 Å². The minimum atomic E-state index is -1.01. The quantitative estimate of drug-likeness (QED) is 0.492. The third-order valence-electron chi connectivity index (χ3n) is 3.90. The van der Waals surface area contributed by atoms with E-state index in [-0.39, 0.29) is 16.6 Å². The number of carbonyl (C=O) groups excluding carboxylic acids is 2. The van der Waals surface area contributed by atoms with Crippen molar-refractivity contribution in [2.75, 3.05) is 5.32 Å². The number of nitrogens with one attached hydrogen (secondary N) is 1. The normalized spacial score (nSPS) is 16.4. The van der Waals surface area contributed by atoms with Gasteiger partial charge >= 0.3 is 5.97 Å². The SMILES string of the molecule is CC(OC(=O)C1Cc2ccccc2S1)C(=O)Nc1cccc([N+](=O)[O-])c1. The topological polar surface area (TPSA) is 98.5 Å². The summed E-state index contributed by atoms with van der Waals surface area (Å²) in [7, 11) is 0. The number of non-ortho nitro benzene ring substituents is 1. The summed E-state index contributed by atoms with van der Waals surface area (Å²) in [5.41, 5.74) is 1.23. The van der Waals surface area contributed by atoms with Gasteiger partial charge in [-0.05, 0) is 31.0 Å². The van der Waals surface area contributed by atoms with Crippen LogP contribution in [0.15, 0.2) is 53.4 Å². The summed E-state index contributed by atoms with van der Waals surface area (Å²) in [5, 5.41) is 12.9. The molecule has 0 aliphatic carbocycles. The van der Waals surface area contributed by atoms with Crippen LogP contribution >= 0.6 is 11.8 Å². The van der Waals surface area contributed by atoms with Crippen LogP contribution in [0, 0.1) is 10.1 Å². The molecule has 0 radical (unpaired) electrons. The second kappa shape index (κ2) is 7.57. The molecule has 0 aromatic heterocycles. The summed E-state index contributed by atoms with van der Waals surface area (Å²) >= 11 is 1.43. The van der Waals surface area contributed by atoms with E-state index in [2.05, 4.69) is 5.32 Å². The molecular weight excluding hydrogens is 356 g/mol. The largest absolute Gasteiger partial charge is 0.452 e. The second-order valence-electron chi connectivity index (χ2n) is 5.79. The number of hydrogen-bond acceptors (Lipinski definition) is 6. The molecule has 2 unspecified atom stereocenters. The average Bonchev–Trinajstić information content (AvgIpc) is 3.06. The molecule has 0 spiro atoms. The number of amides is 1. The Morgan fingerprint density at radius 2 is 2.04 bits per heavy atom. The van der Waals surface area contributed by atoms with Crippen LogP contribution in [0.25, 0.3) is 0 Å². The maximum absolute atomic E-state index is 12.3. The van der Waals surface area contributed by atoms with Gasteiger partial charge < -0.3 is 10.1 Å². The van der Waals surface area contributed by atoms with Crippen LogP contribution in [0.3, 0.4) is 0 Å². The van der Waals surface area contributed by atoms with Gasteiger partial charge in [-0.15, -0.1) is 11.8 Å². The van der Waals surface area contributed by atoms with E-state index in [1.165, 1.54) is 43.0 Å². The van der Waals surface area contributed by atoms with E-state index >= 15 is 0 Å². The molecule has 7 nitrogen and oxygen atoms in total. The average molecular weight is 372 g/mol. The monoisotopic (exact) mass is 372 g/mol. The second-order valence-corrected chi connectivity index (χ2v) is 7.04. The smallest absolute Gasteiger partial charge is 0.320 e. The summed E-state index contributed by atoms with van der Waals surface area (Å²) in [6.07, 6.45) is -0.440. The standard InChI is InChI=1S/C18H16N2O5S/c1-11(17(21)19-13-6-4-7-14(10-13)20(23)24)25-18(22)16-9-12-5-2-3-8-15(12)26-16/h2-8,10-11,16H,9H2,1H3,(H,19,21). The van der Waals surface area contributed by atoms with E-state index < -0.39 is 22.9 Å². The third-order valence-corrected chi connectivity index (χ3v) is 5.19. The van der Waals surface area contributed by atoms with E-state index in [1.807, 2.05) is 24.3 Å². The number of carbonyl (C=O) groups is 2. The number of hydrogen-bond donors (Lipinski definition) is 1. The molecule has 1 aliphatic heterocycles. The summed E-state index contributed by atoms with van der Waals surface area (Å²) in [4.78, 5) is 35.8. The fourth-order valence-corrected chi connectivity index (χ4v) is 3.74. The molecule has 0 saturated carbocycles. The Morgan fingerprint density at radius 1 is 1.27 bits per heavy atom. The van der Waals surface area contributed by atoms with Gasteiger partial charge in [-0.3, -0.25) is 19.7 Å². The van der Waals surface area contributed by atoms with Crippen molar-refractivity contribution >= 4 is 35.0 Å². The van der Waals surface area contributed by atoms with Crippen molar-refractivity contribution in [1.82, 2.24) is 0 Å². The minimum Gasteiger partial charge on any atom is -0.452 e. The van der Waals surface area contributed by atoms with Crippen LogP contribution in [-0.2, 0) is 20.7 Å². The molecule has 2 aromatic rings. The van der Waals surface area contributed by atoms with Crippen molar-refractivity contribution in [2.24, 2.45) is 0 Å². The van der Waals surface area contributed by atoms with Gasteiger partial charge in [-0.2, -0.15) is 0 Å². The summed E-state index contributed by atoms with van der Waals surface area (Å²) in [6.45, 7) is 1.47. The van der Waals surface area contributed by atoms with Gasteiger partial charge in [0.25, 0.3) is 11.6 Å². The predicted octanol–water partition coefficient (Wildman–Crippen LogP) is 3.18. The van der Waals surface area contributed by atoms with Crippen LogP contribution in [0.4, 0.5) is 11.4 Å². The van der Waals surface area contributed by atoms with Crippen LogP contribution < -0.4 is 5.32 Å². The Morgan fingerprint density at radius 3 is 2.77 bits per heavy atom. The molecular formula is C18H16N2O5S. The number of thioether (sulfide) groups is 1. The summed E-state index contributed by atoms with van der Waals surface area (Å²) in [6, 6.07) is 13.3. The Hall–Kier alpha value is -2.87. The Balaban J connectivity index is 1.57. The predicted molar refractivity (Wildman–Crippen MR) is 97.1 cm³/mol. The molecule has 1 N–H and O–H groups in total. The van der Waals surface area contributed by atoms with E-state index in [1.54, 1.807) is 0 Å². The van der Waals surface area contributed by atoms with E-state index in [0.29, 0.717) is 6.42 Å². The van der Waals surface area contributed by atoms with Gasteiger partial charge in [0.1, 0.15) is 5.25 Å². The first-order valence-corrected chi connectivity index (χ1v) is 8.82. The molecule has 0 saturated heterocycles. The molecule has 8 heteroatoms. The zero-order valence-corrected chi connectivity index (χ0v) is 14.7. The first-order valence-electron chi connectivity index (χ1n) is 7.94. The lowest BCUT2D eigenvalue weighted by Crippen LogP contribution is -2.33. The fraction of sp³-hybridized carbons (Fsp3) is 0.222. The molecule has 2 atom stereocenters. The van der Waals surface area contributed by atoms with E-state index in [0.717, 1.165) is 10.5 Å². The number of rotatable bonds is 5. The maximum atomic E-state index is 12.3. The van der Waals surface area contributed by atoms with Crippen molar-refractivity contribution in [3.63, 3.8) is 0 Å². The zero-order valence-electron chi connectivity index (χ0n) is 13.9. The molecule has 1 heterocycles. The Labute approximate surface area is 153 Å². The summed E-state index contributed by atoms with van der Waals surface area (Å²) in [5.74, 6) is -0.993. The van der Waals surface area contributed by atoms with Gasteiger partial charge in [0.2, 0.25) is 0 Å². The highest BCUT2D eigenvalue weighted by Gasteiger charge is 2.31. The first-order chi connectivity index (χ1) is 12.4. The highest BCUT2D eigenvalue weighted by atomic mass is 32.2. The fourth-order valence-electron chi connectivity index (χ4n) is 2.56. The number of benzene rings is 2. The van der Waals surface area contributed by atoms with Gasteiger partial charge in [-0.1, -0.05) is 24.3 Å². The first kappa shape index (κ1) is 17.9. The molecule has 0 fully saturated rings. The van der Waals surface area contributed by atoms with Crippen molar-refractivity contribution in [1.29, 1.82) is 0 Å². The highest BCUT2D eigenvalue weighted by Crippen LogP contribution is 2.37. The number of nitrogens with zero attached hydrogens (tertiary/aromatic N) is 1. The Kier molecular flexibility index (Phi) is 5.22. The van der Waals surface area contributed by atoms with E-state index in [9.17, 15) is 19.7 Å². The van der Waals surface area contributed by atoms with Crippen LogP contribution in [0.2, 0.25) is 0 Å². The van der Waals surface area contributed by atoms with Gasteiger partial charge in [-0.25, -0.2) is 0 Å². The van der Waals surface area contributed by atoms with Crippen LogP contribution in [-0.4, -0.2) is 28.2 Å². The number of fused-ring (bicyclic) bond motifs is 1. The van der Waals surface area contributed by atoms with Crippen LogP contribution in [0.1, 0.15) is 12.5 Å². The molecule has 0 bridgehead atoms. The molecule has 1 aliphatic rings. The number of nitro groups is 1. The number of ether oxygens (including phenoxy) is 1. The molecule has 3 rings (SSSR count). The Bertz CT molecular complexity index is 845. The lowest BCUT2D eigenvalue weighted by atomic mass is 10.1. The number of anilines is 1. The lowest BCUT2D eigenvalue weighted by molar-refractivity contribution is -0.384. The minimum absolute atomic E-state index is 0.132. The zero-order chi connectivity index (χ0) is 18.7. The molecule has 134 valence electrons. The van der Waals surface area contributed by atoms with Crippen molar-refractivity contribution in [3.8, 4) is 0 Å². The van der Waals surface area contributed by atoms with Gasteiger partial charge in [0, 0.05) is 22.7 Å². The molecule has 1 amide bonds. The van der Waals surface area contributed by atoms with Crippen molar-refractivity contribution in [2.45, 2.75) is 29.6 Å². The number of nitro benzene ring substituents is 1. The van der Waals surface area contributed by atoms with E-state index in [4.69, 9.17) is 4.74 Å². The molecule has 26 heavy (non-hydrogen) atoms. The van der Waals surface area contributed by atoms with Gasteiger partial charge in [0.05, 0.1) is 4.92 Å². The number of esters is 1. The van der Waals surface area contributed by atoms with Crippen molar-refractivity contribution < 1.29 is 19.2 Å². The maximum Gasteiger partial charge on any atom is 0.320 e. The molecule has 2 aromatic carbocycles. The summed E-state index contributed by atoms with van der Waals surface area (Å²) < 4.78 is 5.27.